The van der Waals surface area contributed by atoms with Crippen molar-refractivity contribution in [2.24, 2.45) is 0 Å². The van der Waals surface area contributed by atoms with Crippen molar-refractivity contribution >= 4 is 11.8 Å². The number of ether oxygens (including phenoxy) is 1. The van der Waals surface area contributed by atoms with Gasteiger partial charge in [-0.25, -0.2) is 4.79 Å². The molecule has 2 aromatic carbocycles. The van der Waals surface area contributed by atoms with Crippen LogP contribution in [0.2, 0.25) is 0 Å². The van der Waals surface area contributed by atoms with Crippen molar-refractivity contribution in [2.45, 2.75) is 18.4 Å². The van der Waals surface area contributed by atoms with Gasteiger partial charge in [0.2, 0.25) is 0 Å². The molecule has 0 bridgehead atoms. The number of thioether (sulfide) groups is 1. The van der Waals surface area contributed by atoms with Crippen LogP contribution in [0.15, 0.2) is 64.3 Å². The van der Waals surface area contributed by atoms with E-state index in [-0.39, 0.29) is 5.69 Å². The topological polar surface area (TPSA) is 49.0 Å². The lowest BCUT2D eigenvalue weighted by Gasteiger charge is -2.03. The SMILES string of the molecule is COc1ccc(-n2nc(C)n(CCSc3ccccc3)c2=O)cc1. The molecule has 124 valence electrons. The van der Waals surface area contributed by atoms with Gasteiger partial charge in [-0.2, -0.15) is 9.78 Å². The van der Waals surface area contributed by atoms with Crippen molar-refractivity contribution in [1.82, 2.24) is 14.3 Å². The zero-order valence-electron chi connectivity index (χ0n) is 13.7. The number of benzene rings is 2. The summed E-state index contributed by atoms with van der Waals surface area (Å²) in [6.45, 7) is 2.48. The van der Waals surface area contributed by atoms with Crippen LogP contribution in [0.5, 0.6) is 5.75 Å². The first kappa shape index (κ1) is 16.4. The zero-order chi connectivity index (χ0) is 16.9. The van der Waals surface area contributed by atoms with Gasteiger partial charge >= 0.3 is 5.69 Å². The Bertz CT molecular complexity index is 854. The van der Waals surface area contributed by atoms with E-state index in [1.807, 2.05) is 49.4 Å². The summed E-state index contributed by atoms with van der Waals surface area (Å²) in [5.41, 5.74) is 0.615. The summed E-state index contributed by atoms with van der Waals surface area (Å²) in [6.07, 6.45) is 0. The highest BCUT2D eigenvalue weighted by molar-refractivity contribution is 7.99. The Morgan fingerprint density at radius 3 is 2.46 bits per heavy atom. The monoisotopic (exact) mass is 341 g/mol. The molecule has 1 aromatic heterocycles. The van der Waals surface area contributed by atoms with Crippen molar-refractivity contribution in [3.63, 3.8) is 0 Å². The molecular formula is C18H19N3O2S. The minimum atomic E-state index is -0.119. The average Bonchev–Trinajstić information content (AvgIpc) is 2.91. The fourth-order valence-electron chi connectivity index (χ4n) is 2.41. The molecule has 24 heavy (non-hydrogen) atoms. The largest absolute Gasteiger partial charge is 0.497 e. The van der Waals surface area contributed by atoms with Gasteiger partial charge < -0.3 is 4.74 Å². The van der Waals surface area contributed by atoms with Crippen LogP contribution in [-0.4, -0.2) is 27.2 Å². The number of aromatic nitrogens is 3. The summed E-state index contributed by atoms with van der Waals surface area (Å²) in [5, 5.41) is 4.38. The Balaban J connectivity index is 1.75. The van der Waals surface area contributed by atoms with Crippen molar-refractivity contribution in [1.29, 1.82) is 0 Å². The van der Waals surface area contributed by atoms with E-state index in [0.29, 0.717) is 12.4 Å². The van der Waals surface area contributed by atoms with Crippen LogP contribution in [0.3, 0.4) is 0 Å². The van der Waals surface area contributed by atoms with Gasteiger partial charge in [0.1, 0.15) is 11.6 Å². The lowest BCUT2D eigenvalue weighted by molar-refractivity contribution is 0.414. The number of aryl methyl sites for hydroxylation is 1. The molecule has 0 aliphatic rings. The fraction of sp³-hybridized carbons (Fsp3) is 0.222. The van der Waals surface area contributed by atoms with E-state index in [2.05, 4.69) is 17.2 Å². The number of hydrogen-bond donors (Lipinski definition) is 0. The van der Waals surface area contributed by atoms with E-state index >= 15 is 0 Å². The van der Waals surface area contributed by atoms with Gasteiger partial charge in [0.05, 0.1) is 12.8 Å². The zero-order valence-corrected chi connectivity index (χ0v) is 14.5. The molecule has 5 nitrogen and oxygen atoms in total. The molecule has 0 unspecified atom stereocenters. The molecule has 0 saturated heterocycles. The molecule has 0 N–H and O–H groups in total. The standard InChI is InChI=1S/C18H19N3O2S/c1-14-19-21(15-8-10-16(23-2)11-9-15)18(22)20(14)12-13-24-17-6-4-3-5-7-17/h3-11H,12-13H2,1-2H3. The maximum absolute atomic E-state index is 12.6. The quantitative estimate of drug-likeness (QED) is 0.646. The fourth-order valence-corrected chi connectivity index (χ4v) is 3.27. The first-order valence-electron chi connectivity index (χ1n) is 7.68. The summed E-state index contributed by atoms with van der Waals surface area (Å²) in [4.78, 5) is 13.8. The third-order valence-electron chi connectivity index (χ3n) is 3.69. The van der Waals surface area contributed by atoms with Gasteiger partial charge in [0.25, 0.3) is 0 Å². The Morgan fingerprint density at radius 2 is 1.79 bits per heavy atom. The minimum Gasteiger partial charge on any atom is -0.497 e. The highest BCUT2D eigenvalue weighted by Crippen LogP contribution is 2.17. The number of methoxy groups -OCH3 is 1. The Kier molecular flexibility index (Phi) is 5.05. The minimum absolute atomic E-state index is 0.119. The smallest absolute Gasteiger partial charge is 0.350 e. The van der Waals surface area contributed by atoms with Crippen LogP contribution in [-0.2, 0) is 6.54 Å². The molecule has 1 heterocycles. The van der Waals surface area contributed by atoms with Crippen molar-refractivity contribution in [3.05, 3.63) is 70.9 Å². The van der Waals surface area contributed by atoms with E-state index < -0.39 is 0 Å². The summed E-state index contributed by atoms with van der Waals surface area (Å²) in [5.74, 6) is 2.28. The number of hydrogen-bond acceptors (Lipinski definition) is 4. The molecule has 0 fully saturated rings. The van der Waals surface area contributed by atoms with Crippen molar-refractivity contribution in [3.8, 4) is 11.4 Å². The summed E-state index contributed by atoms with van der Waals surface area (Å²) >= 11 is 1.73. The van der Waals surface area contributed by atoms with Gasteiger partial charge in [-0.3, -0.25) is 4.57 Å². The molecular weight excluding hydrogens is 322 g/mol. The third-order valence-corrected chi connectivity index (χ3v) is 4.68. The van der Waals surface area contributed by atoms with Gasteiger partial charge in [0.15, 0.2) is 0 Å². The molecule has 0 saturated carbocycles. The number of rotatable bonds is 6. The molecule has 3 rings (SSSR count). The molecule has 0 spiro atoms. The van der Waals surface area contributed by atoms with E-state index in [0.717, 1.165) is 17.2 Å². The molecule has 0 radical (unpaired) electrons. The summed E-state index contributed by atoms with van der Waals surface area (Å²) in [7, 11) is 1.62. The molecule has 0 amide bonds. The van der Waals surface area contributed by atoms with E-state index in [4.69, 9.17) is 4.74 Å². The maximum atomic E-state index is 12.6. The van der Waals surface area contributed by atoms with E-state index in [9.17, 15) is 4.79 Å². The molecule has 6 heteroatoms. The maximum Gasteiger partial charge on any atom is 0.350 e. The predicted octanol–water partition coefficient (Wildman–Crippen LogP) is 3.14. The van der Waals surface area contributed by atoms with Crippen LogP contribution < -0.4 is 10.4 Å². The predicted molar refractivity (Wildman–Crippen MR) is 96.3 cm³/mol. The summed E-state index contributed by atoms with van der Waals surface area (Å²) < 4.78 is 8.28. The van der Waals surface area contributed by atoms with Crippen molar-refractivity contribution < 1.29 is 4.74 Å². The Morgan fingerprint density at radius 1 is 1.08 bits per heavy atom. The number of nitrogens with zero attached hydrogens (tertiary/aromatic N) is 3. The molecule has 3 aromatic rings. The van der Waals surface area contributed by atoms with Crippen LogP contribution in [0.4, 0.5) is 0 Å². The molecule has 0 aliphatic heterocycles. The lowest BCUT2D eigenvalue weighted by atomic mass is 10.3. The second-order valence-corrected chi connectivity index (χ2v) is 6.42. The average molecular weight is 341 g/mol. The van der Waals surface area contributed by atoms with Crippen LogP contribution in [0.25, 0.3) is 5.69 Å². The molecule has 0 aliphatic carbocycles. The van der Waals surface area contributed by atoms with Gasteiger partial charge in [-0.05, 0) is 43.3 Å². The second kappa shape index (κ2) is 7.40. The highest BCUT2D eigenvalue weighted by Gasteiger charge is 2.11. The lowest BCUT2D eigenvalue weighted by Crippen LogP contribution is -2.25. The first-order valence-corrected chi connectivity index (χ1v) is 8.66. The van der Waals surface area contributed by atoms with Crippen LogP contribution in [0.1, 0.15) is 5.82 Å². The Labute approximate surface area is 144 Å². The van der Waals surface area contributed by atoms with Crippen molar-refractivity contribution in [2.75, 3.05) is 12.9 Å². The Hall–Kier alpha value is -2.47. The van der Waals surface area contributed by atoms with Crippen LogP contribution in [0, 0.1) is 6.92 Å². The van der Waals surface area contributed by atoms with E-state index in [1.165, 1.54) is 9.58 Å². The van der Waals surface area contributed by atoms with Gasteiger partial charge in [-0.15, -0.1) is 11.8 Å². The third kappa shape index (κ3) is 3.54. The van der Waals surface area contributed by atoms with E-state index in [1.54, 1.807) is 23.4 Å². The molecule has 0 atom stereocenters. The van der Waals surface area contributed by atoms with Gasteiger partial charge in [-0.1, -0.05) is 18.2 Å². The normalized spacial score (nSPS) is 10.8. The van der Waals surface area contributed by atoms with Crippen LogP contribution >= 0.6 is 11.8 Å². The highest BCUT2D eigenvalue weighted by atomic mass is 32.2. The summed E-state index contributed by atoms with van der Waals surface area (Å²) in [6, 6.07) is 17.5. The second-order valence-electron chi connectivity index (χ2n) is 5.25. The van der Waals surface area contributed by atoms with Gasteiger partial charge in [0, 0.05) is 17.2 Å². The first-order chi connectivity index (χ1) is 11.7.